The van der Waals surface area contributed by atoms with Crippen LogP contribution in [0.4, 0.5) is 0 Å². The zero-order valence-corrected chi connectivity index (χ0v) is 11.1. The maximum Gasteiger partial charge on any atom is 0.0587 e. The number of hydrogen-bond acceptors (Lipinski definition) is 3. The second-order valence-corrected chi connectivity index (χ2v) is 5.39. The van der Waals surface area contributed by atoms with Crippen molar-refractivity contribution in [2.45, 2.75) is 33.1 Å². The normalized spacial score (nSPS) is 18.0. The fraction of sp³-hybridized carbons (Fsp3) is 1.00. The van der Waals surface area contributed by atoms with Crippen molar-refractivity contribution in [3.05, 3.63) is 0 Å². The Balaban J connectivity index is 1.97. The topological polar surface area (TPSA) is 30.5 Å². The van der Waals surface area contributed by atoms with Crippen LogP contribution in [0.15, 0.2) is 0 Å². The standard InChI is InChI=1S/C13H27NO2/c1-12(2)10-16-8-6-13(4-5-13)11-14-7-9-15-3/h12,14H,4-11H2,1-3H3. The van der Waals surface area contributed by atoms with Crippen molar-refractivity contribution in [3.8, 4) is 0 Å². The van der Waals surface area contributed by atoms with Crippen LogP contribution in [0, 0.1) is 11.3 Å². The van der Waals surface area contributed by atoms with Gasteiger partial charge in [-0.3, -0.25) is 0 Å². The predicted octanol–water partition coefficient (Wildman–Crippen LogP) is 2.07. The Kier molecular flexibility index (Phi) is 6.32. The average Bonchev–Trinajstić information content (AvgIpc) is 3.00. The first kappa shape index (κ1) is 13.9. The first-order valence-electron chi connectivity index (χ1n) is 6.46. The van der Waals surface area contributed by atoms with Crippen LogP contribution in [0.25, 0.3) is 0 Å². The van der Waals surface area contributed by atoms with Crippen molar-refractivity contribution in [1.29, 1.82) is 0 Å². The molecule has 3 nitrogen and oxygen atoms in total. The molecule has 0 amide bonds. The number of methoxy groups -OCH3 is 1. The summed E-state index contributed by atoms with van der Waals surface area (Å²) < 4.78 is 10.7. The van der Waals surface area contributed by atoms with Crippen molar-refractivity contribution in [1.82, 2.24) is 5.32 Å². The summed E-state index contributed by atoms with van der Waals surface area (Å²) in [5.74, 6) is 0.648. The van der Waals surface area contributed by atoms with E-state index in [1.807, 2.05) is 0 Å². The molecule has 0 bridgehead atoms. The van der Waals surface area contributed by atoms with Crippen molar-refractivity contribution >= 4 is 0 Å². The molecule has 1 rings (SSSR count). The highest BCUT2D eigenvalue weighted by Gasteiger charge is 2.41. The second kappa shape index (κ2) is 7.25. The van der Waals surface area contributed by atoms with Crippen LogP contribution in [-0.2, 0) is 9.47 Å². The highest BCUT2D eigenvalue weighted by Crippen LogP contribution is 2.48. The van der Waals surface area contributed by atoms with E-state index in [9.17, 15) is 0 Å². The summed E-state index contributed by atoms with van der Waals surface area (Å²) in [6.07, 6.45) is 3.93. The maximum atomic E-state index is 5.65. The molecule has 96 valence electrons. The fourth-order valence-electron chi connectivity index (χ4n) is 1.83. The molecule has 1 fully saturated rings. The van der Waals surface area contributed by atoms with E-state index < -0.39 is 0 Å². The lowest BCUT2D eigenvalue weighted by Gasteiger charge is -2.16. The van der Waals surface area contributed by atoms with Crippen LogP contribution in [0.1, 0.15) is 33.1 Å². The van der Waals surface area contributed by atoms with E-state index in [2.05, 4.69) is 19.2 Å². The molecule has 0 aromatic carbocycles. The minimum absolute atomic E-state index is 0.546. The van der Waals surface area contributed by atoms with Gasteiger partial charge in [-0.15, -0.1) is 0 Å². The Hall–Kier alpha value is -0.120. The predicted molar refractivity (Wildman–Crippen MR) is 66.7 cm³/mol. The Morgan fingerprint density at radius 1 is 1.25 bits per heavy atom. The third-order valence-electron chi connectivity index (χ3n) is 3.17. The van der Waals surface area contributed by atoms with E-state index in [0.717, 1.165) is 32.9 Å². The molecule has 16 heavy (non-hydrogen) atoms. The second-order valence-electron chi connectivity index (χ2n) is 5.39. The minimum Gasteiger partial charge on any atom is -0.383 e. The molecule has 1 aliphatic carbocycles. The molecule has 0 unspecified atom stereocenters. The number of rotatable bonds is 10. The molecule has 1 N–H and O–H groups in total. The summed E-state index contributed by atoms with van der Waals surface area (Å²) >= 11 is 0. The SMILES string of the molecule is COCCNCC1(CCOCC(C)C)CC1. The summed E-state index contributed by atoms with van der Waals surface area (Å²) in [6.45, 7) is 9.10. The lowest BCUT2D eigenvalue weighted by atomic mass is 10.0. The van der Waals surface area contributed by atoms with Crippen LogP contribution < -0.4 is 5.32 Å². The van der Waals surface area contributed by atoms with Gasteiger partial charge in [0.1, 0.15) is 0 Å². The highest BCUT2D eigenvalue weighted by molar-refractivity contribution is 4.94. The molecule has 0 aliphatic heterocycles. The van der Waals surface area contributed by atoms with E-state index >= 15 is 0 Å². The van der Waals surface area contributed by atoms with Gasteiger partial charge in [0.15, 0.2) is 0 Å². The zero-order chi connectivity index (χ0) is 11.9. The zero-order valence-electron chi connectivity index (χ0n) is 11.1. The molecule has 0 aromatic rings. The van der Waals surface area contributed by atoms with Crippen LogP contribution in [-0.4, -0.2) is 40.0 Å². The maximum absolute atomic E-state index is 5.65. The molecule has 0 radical (unpaired) electrons. The Labute approximate surface area is 99.9 Å². The molecule has 0 spiro atoms. The number of nitrogens with one attached hydrogen (secondary N) is 1. The van der Waals surface area contributed by atoms with E-state index in [4.69, 9.17) is 9.47 Å². The van der Waals surface area contributed by atoms with Gasteiger partial charge in [0, 0.05) is 33.4 Å². The van der Waals surface area contributed by atoms with Gasteiger partial charge in [-0.25, -0.2) is 0 Å². The van der Waals surface area contributed by atoms with E-state index in [1.54, 1.807) is 7.11 Å². The summed E-state index contributed by atoms with van der Waals surface area (Å²) in [6, 6.07) is 0. The van der Waals surface area contributed by atoms with Gasteiger partial charge in [-0.05, 0) is 30.6 Å². The summed E-state index contributed by atoms with van der Waals surface area (Å²) in [5, 5.41) is 3.46. The van der Waals surface area contributed by atoms with E-state index in [0.29, 0.717) is 11.3 Å². The summed E-state index contributed by atoms with van der Waals surface area (Å²) in [7, 11) is 1.74. The number of ether oxygens (including phenoxy) is 2. The monoisotopic (exact) mass is 229 g/mol. The van der Waals surface area contributed by atoms with Crippen LogP contribution in [0.5, 0.6) is 0 Å². The largest absolute Gasteiger partial charge is 0.383 e. The minimum atomic E-state index is 0.546. The third-order valence-corrected chi connectivity index (χ3v) is 3.17. The van der Waals surface area contributed by atoms with Crippen molar-refractivity contribution in [2.24, 2.45) is 11.3 Å². The first-order valence-corrected chi connectivity index (χ1v) is 6.46. The van der Waals surface area contributed by atoms with Gasteiger partial charge in [-0.2, -0.15) is 0 Å². The molecular weight excluding hydrogens is 202 g/mol. The van der Waals surface area contributed by atoms with E-state index in [1.165, 1.54) is 19.3 Å². The lowest BCUT2D eigenvalue weighted by molar-refractivity contribution is 0.0943. The van der Waals surface area contributed by atoms with Gasteiger partial charge in [0.25, 0.3) is 0 Å². The van der Waals surface area contributed by atoms with Gasteiger partial charge < -0.3 is 14.8 Å². The molecule has 1 aliphatic rings. The third kappa shape index (κ3) is 5.83. The molecule has 0 atom stereocenters. The molecule has 1 saturated carbocycles. The summed E-state index contributed by atoms with van der Waals surface area (Å²) in [4.78, 5) is 0. The Bertz CT molecular complexity index is 179. The highest BCUT2D eigenvalue weighted by atomic mass is 16.5. The molecule has 0 heterocycles. The van der Waals surface area contributed by atoms with Crippen molar-refractivity contribution in [2.75, 3.05) is 40.0 Å². The van der Waals surface area contributed by atoms with Gasteiger partial charge in [-0.1, -0.05) is 13.8 Å². The molecule has 0 saturated heterocycles. The smallest absolute Gasteiger partial charge is 0.0587 e. The van der Waals surface area contributed by atoms with Crippen molar-refractivity contribution in [3.63, 3.8) is 0 Å². The van der Waals surface area contributed by atoms with Gasteiger partial charge >= 0.3 is 0 Å². The molecule has 3 heteroatoms. The van der Waals surface area contributed by atoms with Crippen molar-refractivity contribution < 1.29 is 9.47 Å². The van der Waals surface area contributed by atoms with Gasteiger partial charge in [0.2, 0.25) is 0 Å². The van der Waals surface area contributed by atoms with Crippen LogP contribution >= 0.6 is 0 Å². The lowest BCUT2D eigenvalue weighted by Crippen LogP contribution is -2.28. The van der Waals surface area contributed by atoms with Gasteiger partial charge in [0.05, 0.1) is 6.61 Å². The Morgan fingerprint density at radius 3 is 2.56 bits per heavy atom. The molecular formula is C13H27NO2. The van der Waals surface area contributed by atoms with Crippen LogP contribution in [0.3, 0.4) is 0 Å². The van der Waals surface area contributed by atoms with Crippen LogP contribution in [0.2, 0.25) is 0 Å². The fourth-order valence-corrected chi connectivity index (χ4v) is 1.83. The summed E-state index contributed by atoms with van der Waals surface area (Å²) in [5.41, 5.74) is 0.546. The molecule has 0 aromatic heterocycles. The average molecular weight is 229 g/mol. The quantitative estimate of drug-likeness (QED) is 0.582. The first-order chi connectivity index (χ1) is 7.68. The number of hydrogen-bond donors (Lipinski definition) is 1. The van der Waals surface area contributed by atoms with E-state index in [-0.39, 0.29) is 0 Å². The Morgan fingerprint density at radius 2 is 2.00 bits per heavy atom.